The van der Waals surface area contributed by atoms with E-state index in [0.29, 0.717) is 24.3 Å². The molecular formula is C14H23N3O2. The normalized spacial score (nSPS) is 22.2. The fourth-order valence-electron chi connectivity index (χ4n) is 2.54. The molecule has 5 nitrogen and oxygen atoms in total. The number of hydrogen-bond acceptors (Lipinski definition) is 3. The standard InChI is InChI=1S/C14H23N3O2/c1-11(17-7-8-19-10-12(17)2)9-15-14(18)13-5-4-6-16(13)3/h4-6,11-12H,7-10H2,1-3H3,(H,15,18). The third kappa shape index (κ3) is 3.36. The highest BCUT2D eigenvalue weighted by atomic mass is 16.5. The van der Waals surface area contributed by atoms with Crippen molar-refractivity contribution >= 4 is 5.91 Å². The number of amides is 1. The van der Waals surface area contributed by atoms with Crippen molar-refractivity contribution in [3.8, 4) is 0 Å². The summed E-state index contributed by atoms with van der Waals surface area (Å²) >= 11 is 0. The number of hydrogen-bond donors (Lipinski definition) is 1. The molecule has 1 aliphatic heterocycles. The maximum absolute atomic E-state index is 12.0. The van der Waals surface area contributed by atoms with Crippen LogP contribution in [0.1, 0.15) is 24.3 Å². The van der Waals surface area contributed by atoms with E-state index >= 15 is 0 Å². The van der Waals surface area contributed by atoms with Crippen molar-refractivity contribution in [1.82, 2.24) is 14.8 Å². The third-order valence-corrected chi connectivity index (χ3v) is 3.72. The lowest BCUT2D eigenvalue weighted by molar-refractivity contribution is -0.0178. The molecule has 1 N–H and O–H groups in total. The van der Waals surface area contributed by atoms with Crippen molar-refractivity contribution in [1.29, 1.82) is 0 Å². The van der Waals surface area contributed by atoms with E-state index in [0.717, 1.165) is 19.8 Å². The van der Waals surface area contributed by atoms with Crippen LogP contribution < -0.4 is 5.32 Å². The van der Waals surface area contributed by atoms with Gasteiger partial charge in [0.05, 0.1) is 13.2 Å². The number of morpholine rings is 1. The van der Waals surface area contributed by atoms with Gasteiger partial charge in [0.25, 0.3) is 5.91 Å². The van der Waals surface area contributed by atoms with Gasteiger partial charge in [-0.05, 0) is 26.0 Å². The molecule has 106 valence electrons. The van der Waals surface area contributed by atoms with Gasteiger partial charge in [0.1, 0.15) is 5.69 Å². The predicted molar refractivity (Wildman–Crippen MR) is 74.2 cm³/mol. The van der Waals surface area contributed by atoms with Crippen LogP contribution in [0.3, 0.4) is 0 Å². The smallest absolute Gasteiger partial charge is 0.267 e. The zero-order valence-electron chi connectivity index (χ0n) is 11.9. The first-order valence-electron chi connectivity index (χ1n) is 6.82. The fraction of sp³-hybridized carbons (Fsp3) is 0.643. The Morgan fingerprint density at radius 2 is 2.42 bits per heavy atom. The average molecular weight is 265 g/mol. The number of nitrogens with zero attached hydrogens (tertiary/aromatic N) is 2. The minimum absolute atomic E-state index is 0.0136. The Kier molecular flexibility index (Phi) is 4.61. The van der Waals surface area contributed by atoms with Crippen LogP contribution in [0.2, 0.25) is 0 Å². The van der Waals surface area contributed by atoms with E-state index in [1.165, 1.54) is 0 Å². The molecule has 1 aromatic rings. The predicted octanol–water partition coefficient (Wildman–Crippen LogP) is 0.864. The third-order valence-electron chi connectivity index (χ3n) is 3.72. The van der Waals surface area contributed by atoms with Crippen LogP contribution in [0.5, 0.6) is 0 Å². The second kappa shape index (κ2) is 6.21. The van der Waals surface area contributed by atoms with Crippen LogP contribution >= 0.6 is 0 Å². The Balaban J connectivity index is 1.84. The number of nitrogens with one attached hydrogen (secondary N) is 1. The summed E-state index contributed by atoms with van der Waals surface area (Å²) in [5.74, 6) is -0.0136. The molecule has 2 atom stereocenters. The molecule has 1 aliphatic rings. The van der Waals surface area contributed by atoms with E-state index in [4.69, 9.17) is 4.74 Å². The number of aromatic nitrogens is 1. The van der Waals surface area contributed by atoms with Gasteiger partial charge in [0, 0.05) is 38.4 Å². The fourth-order valence-corrected chi connectivity index (χ4v) is 2.54. The van der Waals surface area contributed by atoms with Gasteiger partial charge in [0.2, 0.25) is 0 Å². The van der Waals surface area contributed by atoms with Gasteiger partial charge >= 0.3 is 0 Å². The van der Waals surface area contributed by atoms with Crippen LogP contribution in [-0.2, 0) is 11.8 Å². The SMILES string of the molecule is CC(CNC(=O)c1cccn1C)N1CCOCC1C. The molecular weight excluding hydrogens is 242 g/mol. The monoisotopic (exact) mass is 265 g/mol. The highest BCUT2D eigenvalue weighted by molar-refractivity contribution is 5.92. The van der Waals surface area contributed by atoms with E-state index in [-0.39, 0.29) is 5.91 Å². The largest absolute Gasteiger partial charge is 0.379 e. The summed E-state index contributed by atoms with van der Waals surface area (Å²) in [6.07, 6.45) is 1.88. The quantitative estimate of drug-likeness (QED) is 0.878. The summed E-state index contributed by atoms with van der Waals surface area (Å²) in [6, 6.07) is 4.44. The zero-order valence-corrected chi connectivity index (χ0v) is 11.9. The maximum atomic E-state index is 12.0. The first-order chi connectivity index (χ1) is 9.09. The minimum Gasteiger partial charge on any atom is -0.379 e. The number of carbonyl (C=O) groups excluding carboxylic acids is 1. The second-order valence-corrected chi connectivity index (χ2v) is 5.23. The Bertz CT molecular complexity index is 430. The topological polar surface area (TPSA) is 46.5 Å². The molecule has 0 radical (unpaired) electrons. The van der Waals surface area contributed by atoms with Crippen molar-refractivity contribution in [3.05, 3.63) is 24.0 Å². The molecule has 0 aliphatic carbocycles. The Morgan fingerprint density at radius 1 is 1.63 bits per heavy atom. The van der Waals surface area contributed by atoms with Crippen LogP contribution in [-0.4, -0.2) is 53.8 Å². The van der Waals surface area contributed by atoms with Gasteiger partial charge in [-0.2, -0.15) is 0 Å². The molecule has 2 heterocycles. The highest BCUT2D eigenvalue weighted by Gasteiger charge is 2.24. The van der Waals surface area contributed by atoms with Crippen molar-refractivity contribution in [3.63, 3.8) is 0 Å². The van der Waals surface area contributed by atoms with Crippen molar-refractivity contribution in [2.24, 2.45) is 7.05 Å². The molecule has 1 amide bonds. The summed E-state index contributed by atoms with van der Waals surface area (Å²) in [4.78, 5) is 14.4. The molecule has 1 fully saturated rings. The zero-order chi connectivity index (χ0) is 13.8. The lowest BCUT2D eigenvalue weighted by atomic mass is 10.2. The highest BCUT2D eigenvalue weighted by Crippen LogP contribution is 2.10. The van der Waals surface area contributed by atoms with Gasteiger partial charge in [-0.3, -0.25) is 9.69 Å². The lowest BCUT2D eigenvalue weighted by Crippen LogP contribution is -2.52. The van der Waals surface area contributed by atoms with Crippen molar-refractivity contribution in [2.75, 3.05) is 26.3 Å². The van der Waals surface area contributed by atoms with Crippen LogP contribution in [0.15, 0.2) is 18.3 Å². The number of aryl methyl sites for hydroxylation is 1. The van der Waals surface area contributed by atoms with Gasteiger partial charge in [0.15, 0.2) is 0 Å². The molecule has 0 saturated carbocycles. The Labute approximate surface area is 114 Å². The summed E-state index contributed by atoms with van der Waals surface area (Å²) in [6.45, 7) is 7.45. The van der Waals surface area contributed by atoms with Gasteiger partial charge in [-0.25, -0.2) is 0 Å². The van der Waals surface area contributed by atoms with Crippen molar-refractivity contribution < 1.29 is 9.53 Å². The molecule has 2 rings (SSSR count). The summed E-state index contributed by atoms with van der Waals surface area (Å²) in [7, 11) is 1.88. The van der Waals surface area contributed by atoms with Gasteiger partial charge in [-0.1, -0.05) is 0 Å². The molecule has 1 aromatic heterocycles. The summed E-state index contributed by atoms with van der Waals surface area (Å²) in [5, 5.41) is 3.00. The lowest BCUT2D eigenvalue weighted by Gasteiger charge is -2.37. The van der Waals surface area contributed by atoms with Crippen LogP contribution in [0.25, 0.3) is 0 Å². The molecule has 0 bridgehead atoms. The number of ether oxygens (including phenoxy) is 1. The molecule has 2 unspecified atom stereocenters. The maximum Gasteiger partial charge on any atom is 0.267 e. The number of rotatable bonds is 4. The van der Waals surface area contributed by atoms with E-state index < -0.39 is 0 Å². The summed E-state index contributed by atoms with van der Waals surface area (Å²) in [5.41, 5.74) is 0.697. The molecule has 0 aromatic carbocycles. The molecule has 5 heteroatoms. The van der Waals surface area contributed by atoms with Crippen LogP contribution in [0.4, 0.5) is 0 Å². The second-order valence-electron chi connectivity index (χ2n) is 5.23. The van der Waals surface area contributed by atoms with Crippen molar-refractivity contribution in [2.45, 2.75) is 25.9 Å². The average Bonchev–Trinajstić information content (AvgIpc) is 2.82. The first kappa shape index (κ1) is 14.1. The Hall–Kier alpha value is -1.33. The van der Waals surface area contributed by atoms with E-state index in [1.54, 1.807) is 0 Å². The summed E-state index contributed by atoms with van der Waals surface area (Å²) < 4.78 is 7.26. The molecule has 19 heavy (non-hydrogen) atoms. The van der Waals surface area contributed by atoms with E-state index in [2.05, 4.69) is 24.1 Å². The Morgan fingerprint density at radius 3 is 3.05 bits per heavy atom. The van der Waals surface area contributed by atoms with E-state index in [9.17, 15) is 4.79 Å². The van der Waals surface area contributed by atoms with Crippen LogP contribution in [0, 0.1) is 0 Å². The first-order valence-corrected chi connectivity index (χ1v) is 6.82. The van der Waals surface area contributed by atoms with E-state index in [1.807, 2.05) is 29.9 Å². The molecule has 1 saturated heterocycles. The van der Waals surface area contributed by atoms with Gasteiger partial charge < -0.3 is 14.6 Å². The molecule has 0 spiro atoms. The minimum atomic E-state index is -0.0136. The van der Waals surface area contributed by atoms with Gasteiger partial charge in [-0.15, -0.1) is 0 Å². The number of carbonyl (C=O) groups is 1.